The van der Waals surface area contributed by atoms with Crippen LogP contribution in [-0.4, -0.2) is 105 Å². The van der Waals surface area contributed by atoms with Gasteiger partial charge in [0.25, 0.3) is 0 Å². The van der Waals surface area contributed by atoms with E-state index in [9.17, 15) is 39.0 Å². The average molecular weight is 831 g/mol. The van der Waals surface area contributed by atoms with Crippen LogP contribution in [0.5, 0.6) is 0 Å². The van der Waals surface area contributed by atoms with Gasteiger partial charge >= 0.3 is 5.97 Å². The van der Waals surface area contributed by atoms with Crippen molar-refractivity contribution in [2.75, 3.05) is 12.3 Å². The van der Waals surface area contributed by atoms with Crippen LogP contribution >= 0.6 is 12.6 Å². The number of nitrogens with one attached hydrogen (secondary N) is 6. The zero-order chi connectivity index (χ0) is 42.9. The first-order valence-electron chi connectivity index (χ1n) is 19.4. The number of hydrogen-bond donors (Lipinski definition) is 11. The first-order chi connectivity index (χ1) is 28.3. The second kappa shape index (κ2) is 23.0. The highest BCUT2D eigenvalue weighted by Crippen LogP contribution is 2.20. The van der Waals surface area contributed by atoms with Gasteiger partial charge in [-0.25, -0.2) is 4.79 Å². The maximum absolute atomic E-state index is 14.3. The minimum absolute atomic E-state index is 0.000632. The Morgan fingerprint density at radius 3 is 1.75 bits per heavy atom. The number of carbonyl (C=O) groups excluding carboxylic acids is 5. The number of benzene rings is 3. The summed E-state index contributed by atoms with van der Waals surface area (Å²) in [7, 11) is 0. The summed E-state index contributed by atoms with van der Waals surface area (Å²) in [6.07, 6.45) is 1.41. The van der Waals surface area contributed by atoms with Crippen molar-refractivity contribution in [1.82, 2.24) is 31.6 Å². The number of amides is 5. The summed E-state index contributed by atoms with van der Waals surface area (Å²) in [4.78, 5) is 83.8. The number of nitrogens with two attached hydrogens (primary N) is 2. The molecule has 0 radical (unpaired) electrons. The maximum Gasteiger partial charge on any atom is 0.328 e. The molecule has 4 aromatic rings. The van der Waals surface area contributed by atoms with Gasteiger partial charge in [0.15, 0.2) is 6.04 Å². The molecular formula is C42H54N8O8S. The number of aliphatic carboxylic acids is 1. The number of unbranched alkanes of at least 4 members (excludes halogenated alkanes) is 1. The molecule has 316 valence electrons. The lowest BCUT2D eigenvalue weighted by Crippen LogP contribution is -2.60. The van der Waals surface area contributed by atoms with Crippen LogP contribution in [0, 0.1) is 0 Å². The number of rotatable bonds is 23. The standard InChI is InChI=1S/C42H54N8O8S/c1-25(51)36(42(57)58)50-38(53)32(18-10-11-19-43)46-40(55)34(22-28-23-45-31-17-9-8-16-29(28)31)48-39(54)33(21-27-14-6-3-7-15-27)47-41(56)35(24-59)49-37(52)30(44)20-26-12-4-2-5-13-26/h2-9,12-17,23,25,30,32-36,45,51,59H,10-11,18-22,24,43-44H2,1H3,(H,46,55)(H,47,56)(H,48,54)(H,49,52)(H,50,53)(H,57,58)/t25-,30-,32+,33+,34-,35+,36+/m1/s1. The number of thiol groups is 1. The van der Waals surface area contributed by atoms with Crippen molar-refractivity contribution >= 4 is 59.0 Å². The van der Waals surface area contributed by atoms with Crippen molar-refractivity contribution in [3.63, 3.8) is 0 Å². The van der Waals surface area contributed by atoms with E-state index in [-0.39, 0.29) is 31.4 Å². The topological polar surface area (TPSA) is 271 Å². The predicted molar refractivity (Wildman–Crippen MR) is 226 cm³/mol. The molecule has 0 saturated heterocycles. The number of carboxylic acid groups (broad SMARTS) is 1. The molecule has 4 rings (SSSR count). The largest absolute Gasteiger partial charge is 0.480 e. The molecule has 1 aromatic heterocycles. The summed E-state index contributed by atoms with van der Waals surface area (Å²) in [6, 6.07) is 17.8. The van der Waals surface area contributed by atoms with Crippen LogP contribution in [0.25, 0.3) is 10.9 Å². The van der Waals surface area contributed by atoms with Crippen molar-refractivity contribution < 1.29 is 39.0 Å². The SMILES string of the molecule is C[C@@H](O)[C@H](NC(=O)[C@H](CCCCN)NC(=O)[C@@H](Cc1c[nH]c2ccccc12)NC(=O)[C@H](Cc1ccccc1)NC(=O)[C@H](CS)NC(=O)[C@H](N)Cc1ccccc1)C(=O)O. The number of H-pyrrole nitrogens is 1. The van der Waals surface area contributed by atoms with Gasteiger partial charge in [0.05, 0.1) is 12.1 Å². The van der Waals surface area contributed by atoms with Gasteiger partial charge in [0, 0.05) is 35.7 Å². The summed E-state index contributed by atoms with van der Waals surface area (Å²) >= 11 is 4.29. The van der Waals surface area contributed by atoms with Gasteiger partial charge in [-0.2, -0.15) is 12.6 Å². The molecule has 3 aromatic carbocycles. The van der Waals surface area contributed by atoms with Crippen LogP contribution < -0.4 is 38.1 Å². The molecule has 59 heavy (non-hydrogen) atoms. The normalized spacial score (nSPS) is 14.7. The molecule has 0 aliphatic rings. The minimum Gasteiger partial charge on any atom is -0.480 e. The molecule has 0 aliphatic carbocycles. The van der Waals surface area contributed by atoms with Gasteiger partial charge in [-0.05, 0) is 61.9 Å². The predicted octanol–water partition coefficient (Wildman–Crippen LogP) is 0.471. The number of aromatic amines is 1. The Morgan fingerprint density at radius 1 is 0.661 bits per heavy atom. The van der Waals surface area contributed by atoms with E-state index in [0.29, 0.717) is 30.5 Å². The molecule has 0 saturated carbocycles. The van der Waals surface area contributed by atoms with Gasteiger partial charge in [0.2, 0.25) is 29.5 Å². The van der Waals surface area contributed by atoms with E-state index in [1.165, 1.54) is 6.92 Å². The summed E-state index contributed by atoms with van der Waals surface area (Å²) in [5, 5.41) is 33.5. The molecular weight excluding hydrogens is 777 g/mol. The number of para-hydroxylation sites is 1. The van der Waals surface area contributed by atoms with Gasteiger partial charge in [-0.3, -0.25) is 24.0 Å². The zero-order valence-electron chi connectivity index (χ0n) is 32.8. The van der Waals surface area contributed by atoms with Crippen molar-refractivity contribution in [2.24, 2.45) is 11.5 Å². The van der Waals surface area contributed by atoms with E-state index >= 15 is 0 Å². The number of fused-ring (bicyclic) bond motifs is 1. The lowest BCUT2D eigenvalue weighted by atomic mass is 10.0. The van der Waals surface area contributed by atoms with Crippen LogP contribution in [0.4, 0.5) is 0 Å². The lowest BCUT2D eigenvalue weighted by molar-refractivity contribution is -0.145. The van der Waals surface area contributed by atoms with Gasteiger partial charge in [0.1, 0.15) is 24.2 Å². The van der Waals surface area contributed by atoms with E-state index in [4.69, 9.17) is 11.5 Å². The molecule has 5 amide bonds. The fraction of sp³-hybridized carbons (Fsp3) is 0.381. The molecule has 0 unspecified atom stereocenters. The Kier molecular flexibility index (Phi) is 17.9. The van der Waals surface area contributed by atoms with Crippen molar-refractivity contribution in [3.8, 4) is 0 Å². The Bertz CT molecular complexity index is 2020. The molecule has 1 heterocycles. The zero-order valence-corrected chi connectivity index (χ0v) is 33.7. The monoisotopic (exact) mass is 830 g/mol. The van der Waals surface area contributed by atoms with E-state index < -0.39 is 77.9 Å². The first kappa shape index (κ1) is 45.9. The quantitative estimate of drug-likeness (QED) is 0.0364. The summed E-state index contributed by atoms with van der Waals surface area (Å²) in [5.41, 5.74) is 14.8. The van der Waals surface area contributed by atoms with Crippen LogP contribution in [0.2, 0.25) is 0 Å². The number of carbonyl (C=O) groups is 6. The smallest absolute Gasteiger partial charge is 0.328 e. The number of aliphatic hydroxyl groups is 1. The Labute approximate surface area is 348 Å². The Hall–Kier alpha value is -5.75. The summed E-state index contributed by atoms with van der Waals surface area (Å²) < 4.78 is 0. The molecule has 0 aliphatic heterocycles. The second-order valence-corrected chi connectivity index (χ2v) is 14.7. The van der Waals surface area contributed by atoms with Gasteiger partial charge in [-0.1, -0.05) is 78.9 Å². The van der Waals surface area contributed by atoms with E-state index in [1.54, 1.807) is 36.5 Å². The van der Waals surface area contributed by atoms with Crippen LogP contribution in [-0.2, 0) is 48.0 Å². The molecule has 16 nitrogen and oxygen atoms in total. The minimum atomic E-state index is -1.65. The fourth-order valence-electron chi connectivity index (χ4n) is 6.44. The maximum atomic E-state index is 14.3. The number of hydrogen-bond acceptors (Lipinski definition) is 10. The molecule has 0 spiro atoms. The summed E-state index contributed by atoms with van der Waals surface area (Å²) in [6.45, 7) is 1.52. The third kappa shape index (κ3) is 14.0. The molecule has 0 fully saturated rings. The third-order valence-corrected chi connectivity index (χ3v) is 10.1. The van der Waals surface area contributed by atoms with E-state index in [2.05, 4.69) is 44.2 Å². The Balaban J connectivity index is 1.60. The van der Waals surface area contributed by atoms with Crippen LogP contribution in [0.1, 0.15) is 42.9 Å². The van der Waals surface area contributed by atoms with Crippen molar-refractivity contribution in [2.45, 2.75) is 87.8 Å². The molecule has 12 N–H and O–H groups in total. The number of aromatic nitrogens is 1. The highest BCUT2D eigenvalue weighted by atomic mass is 32.1. The molecule has 7 atom stereocenters. The number of carboxylic acids is 1. The van der Waals surface area contributed by atoms with E-state index in [0.717, 1.165) is 16.5 Å². The molecule has 0 bridgehead atoms. The van der Waals surface area contributed by atoms with Crippen molar-refractivity contribution in [3.05, 3.63) is 108 Å². The van der Waals surface area contributed by atoms with Gasteiger partial charge < -0.3 is 53.2 Å². The third-order valence-electron chi connectivity index (χ3n) is 9.72. The average Bonchev–Trinajstić information content (AvgIpc) is 3.63. The highest BCUT2D eigenvalue weighted by molar-refractivity contribution is 7.80. The van der Waals surface area contributed by atoms with Crippen LogP contribution in [0.15, 0.2) is 91.1 Å². The summed E-state index contributed by atoms with van der Waals surface area (Å²) in [5.74, 6) is -5.24. The second-order valence-electron chi connectivity index (χ2n) is 14.3. The van der Waals surface area contributed by atoms with E-state index in [1.807, 2.05) is 54.6 Å². The fourth-order valence-corrected chi connectivity index (χ4v) is 6.70. The van der Waals surface area contributed by atoms with Gasteiger partial charge in [-0.15, -0.1) is 0 Å². The van der Waals surface area contributed by atoms with Crippen LogP contribution in [0.3, 0.4) is 0 Å². The van der Waals surface area contributed by atoms with Crippen molar-refractivity contribution in [1.29, 1.82) is 0 Å². The number of aliphatic hydroxyl groups excluding tert-OH is 1. The highest BCUT2D eigenvalue weighted by Gasteiger charge is 2.34. The molecule has 17 heteroatoms. The lowest BCUT2D eigenvalue weighted by Gasteiger charge is -2.27. The Morgan fingerprint density at radius 2 is 1.17 bits per heavy atom. The first-order valence-corrected chi connectivity index (χ1v) is 20.1.